The first-order valence-corrected chi connectivity index (χ1v) is 6.87. The molecule has 0 unspecified atom stereocenters. The summed E-state index contributed by atoms with van der Waals surface area (Å²) in [4.78, 5) is 22.6. The Morgan fingerprint density at radius 2 is 2.28 bits per heavy atom. The van der Waals surface area contributed by atoms with Crippen LogP contribution in [0.15, 0.2) is 6.20 Å². The number of hydrogen-bond acceptors (Lipinski definition) is 4. The minimum Gasteiger partial charge on any atom is -0.346 e. The Bertz CT molecular complexity index is 487. The highest BCUT2D eigenvalue weighted by Gasteiger charge is 2.36. The molecule has 1 aliphatic carbocycles. The van der Waals surface area contributed by atoms with Crippen LogP contribution in [0.25, 0.3) is 0 Å². The monoisotopic (exact) mass is 265 g/mol. The van der Waals surface area contributed by atoms with Crippen molar-refractivity contribution in [2.75, 3.05) is 11.4 Å². The molecule has 0 amide bonds. The number of Topliss-reactive ketones (excluding diaryl/α,β-unsaturated/α-hetero) is 1. The molecule has 1 aromatic rings. The van der Waals surface area contributed by atoms with Crippen molar-refractivity contribution in [3.8, 4) is 0 Å². The average molecular weight is 266 g/mol. The lowest BCUT2D eigenvalue weighted by Gasteiger charge is -2.36. The molecule has 1 fully saturated rings. The van der Waals surface area contributed by atoms with Gasteiger partial charge in [0.25, 0.3) is 0 Å². The third kappa shape index (κ3) is 2.09. The van der Waals surface area contributed by atoms with Crippen LogP contribution in [-0.2, 0) is 11.2 Å². The Hall–Kier alpha value is -1.16. The average Bonchev–Trinajstić information content (AvgIpc) is 3.14. The van der Waals surface area contributed by atoms with Gasteiger partial charge in [-0.05, 0) is 36.8 Å². The van der Waals surface area contributed by atoms with Gasteiger partial charge >= 0.3 is 0 Å². The predicted molar refractivity (Wildman–Crippen MR) is 69.9 cm³/mol. The molecular weight excluding hydrogens is 250 g/mol. The summed E-state index contributed by atoms with van der Waals surface area (Å²) in [5, 5.41) is 0.263. The standard InChI is InChI=1S/C13H16ClN3O/c1-2-10-11(18)5-9-6-15-13(14)16-12(9)17(10)7-8-3-4-8/h6,8,10H,2-5,7H2,1H3/t10-/m1/s1. The number of halogens is 1. The molecule has 1 atom stereocenters. The zero-order valence-electron chi connectivity index (χ0n) is 10.4. The molecule has 0 N–H and O–H groups in total. The van der Waals surface area contributed by atoms with E-state index in [1.165, 1.54) is 12.8 Å². The molecule has 0 radical (unpaired) electrons. The molecule has 2 aliphatic rings. The van der Waals surface area contributed by atoms with Gasteiger partial charge in [0.1, 0.15) is 5.82 Å². The zero-order chi connectivity index (χ0) is 12.7. The lowest BCUT2D eigenvalue weighted by molar-refractivity contribution is -0.120. The first kappa shape index (κ1) is 11.9. The van der Waals surface area contributed by atoms with E-state index in [0.29, 0.717) is 12.3 Å². The number of aromatic nitrogens is 2. The molecule has 4 nitrogen and oxygen atoms in total. The molecule has 1 saturated carbocycles. The van der Waals surface area contributed by atoms with E-state index in [1.54, 1.807) is 6.20 Å². The van der Waals surface area contributed by atoms with Gasteiger partial charge in [-0.2, -0.15) is 0 Å². The van der Waals surface area contributed by atoms with Gasteiger partial charge in [0.15, 0.2) is 5.78 Å². The Balaban J connectivity index is 1.99. The number of anilines is 1. The third-order valence-electron chi connectivity index (χ3n) is 3.74. The minimum atomic E-state index is -0.0379. The van der Waals surface area contributed by atoms with Crippen LogP contribution < -0.4 is 4.90 Å². The first-order chi connectivity index (χ1) is 8.69. The van der Waals surface area contributed by atoms with E-state index < -0.39 is 0 Å². The van der Waals surface area contributed by atoms with Crippen LogP contribution in [0.3, 0.4) is 0 Å². The molecule has 0 aromatic carbocycles. The fourth-order valence-corrected chi connectivity index (χ4v) is 2.75. The van der Waals surface area contributed by atoms with Gasteiger partial charge in [-0.25, -0.2) is 9.97 Å². The fourth-order valence-electron chi connectivity index (χ4n) is 2.62. The summed E-state index contributed by atoms with van der Waals surface area (Å²) in [6.45, 7) is 2.97. The Labute approximate surface area is 111 Å². The van der Waals surface area contributed by atoms with Crippen LogP contribution in [0.1, 0.15) is 31.7 Å². The molecule has 96 valence electrons. The second-order valence-electron chi connectivity index (χ2n) is 5.15. The summed E-state index contributed by atoms with van der Waals surface area (Å²) in [7, 11) is 0. The van der Waals surface area contributed by atoms with Crippen LogP contribution in [0, 0.1) is 5.92 Å². The van der Waals surface area contributed by atoms with Gasteiger partial charge in [-0.15, -0.1) is 0 Å². The van der Waals surface area contributed by atoms with E-state index in [4.69, 9.17) is 11.6 Å². The minimum absolute atomic E-state index is 0.0379. The molecule has 18 heavy (non-hydrogen) atoms. The summed E-state index contributed by atoms with van der Waals surface area (Å²) in [5.74, 6) is 1.86. The molecule has 0 spiro atoms. The lowest BCUT2D eigenvalue weighted by atomic mass is 9.96. The van der Waals surface area contributed by atoms with Crippen molar-refractivity contribution in [2.45, 2.75) is 38.6 Å². The van der Waals surface area contributed by atoms with Crippen molar-refractivity contribution < 1.29 is 4.79 Å². The van der Waals surface area contributed by atoms with Gasteiger partial charge in [-0.1, -0.05) is 6.92 Å². The Kier molecular flexibility index (Phi) is 2.98. The predicted octanol–water partition coefficient (Wildman–Crippen LogP) is 2.25. The van der Waals surface area contributed by atoms with Crippen molar-refractivity contribution in [3.05, 3.63) is 17.0 Å². The van der Waals surface area contributed by atoms with Gasteiger partial charge in [0.05, 0.1) is 6.04 Å². The smallest absolute Gasteiger partial charge is 0.224 e. The topological polar surface area (TPSA) is 46.1 Å². The highest BCUT2D eigenvalue weighted by atomic mass is 35.5. The van der Waals surface area contributed by atoms with E-state index in [0.717, 1.165) is 24.3 Å². The lowest BCUT2D eigenvalue weighted by Crippen LogP contribution is -2.47. The molecule has 5 heteroatoms. The number of hydrogen-bond donors (Lipinski definition) is 0. The van der Waals surface area contributed by atoms with E-state index >= 15 is 0 Å². The van der Waals surface area contributed by atoms with E-state index in [1.807, 2.05) is 0 Å². The van der Waals surface area contributed by atoms with E-state index in [2.05, 4.69) is 21.8 Å². The number of carbonyl (C=O) groups excluding carboxylic acids is 1. The molecule has 2 heterocycles. The van der Waals surface area contributed by atoms with Crippen LogP contribution in [-0.4, -0.2) is 28.3 Å². The molecule has 0 saturated heterocycles. The van der Waals surface area contributed by atoms with E-state index in [9.17, 15) is 4.79 Å². The largest absolute Gasteiger partial charge is 0.346 e. The summed E-state index contributed by atoms with van der Waals surface area (Å²) in [5.41, 5.74) is 0.912. The summed E-state index contributed by atoms with van der Waals surface area (Å²) < 4.78 is 0. The Morgan fingerprint density at radius 3 is 2.94 bits per heavy atom. The van der Waals surface area contributed by atoms with Crippen LogP contribution >= 0.6 is 11.6 Å². The van der Waals surface area contributed by atoms with Gasteiger partial charge < -0.3 is 4.90 Å². The van der Waals surface area contributed by atoms with Crippen LogP contribution in [0.2, 0.25) is 5.28 Å². The fraction of sp³-hybridized carbons (Fsp3) is 0.615. The molecule has 3 rings (SSSR count). The van der Waals surface area contributed by atoms with Gasteiger partial charge in [0, 0.05) is 24.7 Å². The van der Waals surface area contributed by atoms with Crippen molar-refractivity contribution in [3.63, 3.8) is 0 Å². The van der Waals surface area contributed by atoms with E-state index in [-0.39, 0.29) is 17.1 Å². The third-order valence-corrected chi connectivity index (χ3v) is 3.92. The highest BCUT2D eigenvalue weighted by molar-refractivity contribution is 6.28. The quantitative estimate of drug-likeness (QED) is 0.787. The molecule has 1 aromatic heterocycles. The second-order valence-corrected chi connectivity index (χ2v) is 5.49. The summed E-state index contributed by atoms with van der Waals surface area (Å²) in [6.07, 6.45) is 5.47. The number of rotatable bonds is 3. The molecular formula is C13H16ClN3O. The van der Waals surface area contributed by atoms with Gasteiger partial charge in [0.2, 0.25) is 5.28 Å². The summed E-state index contributed by atoms with van der Waals surface area (Å²) >= 11 is 5.89. The van der Waals surface area contributed by atoms with Crippen molar-refractivity contribution in [1.29, 1.82) is 0 Å². The number of carbonyl (C=O) groups is 1. The van der Waals surface area contributed by atoms with Crippen molar-refractivity contribution >= 4 is 23.2 Å². The van der Waals surface area contributed by atoms with Crippen LogP contribution in [0.5, 0.6) is 0 Å². The normalized spacial score (nSPS) is 23.1. The number of ketones is 1. The van der Waals surface area contributed by atoms with Crippen LogP contribution in [0.4, 0.5) is 5.82 Å². The molecule has 1 aliphatic heterocycles. The SMILES string of the molecule is CC[C@@H]1C(=O)Cc2cnc(Cl)nc2N1CC1CC1. The summed E-state index contributed by atoms with van der Waals surface area (Å²) in [6, 6.07) is -0.0379. The maximum Gasteiger partial charge on any atom is 0.224 e. The number of fused-ring (bicyclic) bond motifs is 1. The first-order valence-electron chi connectivity index (χ1n) is 6.49. The van der Waals surface area contributed by atoms with Crippen molar-refractivity contribution in [1.82, 2.24) is 9.97 Å². The number of nitrogens with zero attached hydrogens (tertiary/aromatic N) is 3. The maximum atomic E-state index is 12.2. The molecule has 0 bridgehead atoms. The van der Waals surface area contributed by atoms with Gasteiger partial charge in [-0.3, -0.25) is 4.79 Å². The van der Waals surface area contributed by atoms with Crippen molar-refractivity contribution in [2.24, 2.45) is 5.92 Å². The maximum absolute atomic E-state index is 12.2. The zero-order valence-corrected chi connectivity index (χ0v) is 11.2. The second kappa shape index (κ2) is 4.50. The highest BCUT2D eigenvalue weighted by Crippen LogP contribution is 2.35. The Morgan fingerprint density at radius 1 is 1.50 bits per heavy atom.